The van der Waals surface area contributed by atoms with E-state index >= 15 is 0 Å². The van der Waals surface area contributed by atoms with Crippen LogP contribution in [0.3, 0.4) is 0 Å². The van der Waals surface area contributed by atoms with Gasteiger partial charge in [0.15, 0.2) is 0 Å². The first-order valence-corrected chi connectivity index (χ1v) is 6.88. The lowest BCUT2D eigenvalue weighted by atomic mass is 10.4. The van der Waals surface area contributed by atoms with Crippen LogP contribution in [0.1, 0.15) is 10.6 Å². The van der Waals surface area contributed by atoms with Crippen molar-refractivity contribution in [2.24, 2.45) is 0 Å². The summed E-state index contributed by atoms with van der Waals surface area (Å²) >= 11 is 7.49. The second-order valence-corrected chi connectivity index (χ2v) is 5.81. The molecule has 3 nitrogen and oxygen atoms in total. The Morgan fingerprint density at radius 3 is 2.94 bits per heavy atom. The van der Waals surface area contributed by atoms with Crippen LogP contribution >= 0.6 is 22.9 Å². The van der Waals surface area contributed by atoms with Crippen LogP contribution in [0, 0.1) is 0 Å². The molecule has 3 rings (SSSR count). The van der Waals surface area contributed by atoms with Gasteiger partial charge < -0.3 is 9.72 Å². The number of nitrogens with one attached hydrogen (secondary N) is 1. The van der Waals surface area contributed by atoms with E-state index in [1.807, 2.05) is 47.1 Å². The number of rotatable bonds is 4. The average Bonchev–Trinajstić information content (AvgIpc) is 2.95. The maximum atomic E-state index is 5.88. The molecule has 0 radical (unpaired) electrons. The van der Waals surface area contributed by atoms with Gasteiger partial charge in [0.1, 0.15) is 5.65 Å². The van der Waals surface area contributed by atoms with Crippen LogP contribution in [0.2, 0.25) is 4.34 Å². The van der Waals surface area contributed by atoms with Crippen LogP contribution in [0.25, 0.3) is 5.65 Å². The lowest BCUT2D eigenvalue weighted by molar-refractivity contribution is 0.690. The zero-order chi connectivity index (χ0) is 12.4. The minimum absolute atomic E-state index is 0.761. The van der Waals surface area contributed by atoms with Crippen LogP contribution in [0.15, 0.2) is 42.7 Å². The number of nitrogens with zero attached hydrogens (tertiary/aromatic N) is 2. The van der Waals surface area contributed by atoms with Gasteiger partial charge in [-0.15, -0.1) is 11.3 Å². The summed E-state index contributed by atoms with van der Waals surface area (Å²) in [6.07, 6.45) is 4.05. The lowest BCUT2D eigenvalue weighted by Gasteiger charge is -1.99. The van der Waals surface area contributed by atoms with Gasteiger partial charge in [0, 0.05) is 30.4 Å². The first-order chi connectivity index (χ1) is 8.81. The van der Waals surface area contributed by atoms with E-state index in [4.69, 9.17) is 11.6 Å². The average molecular weight is 278 g/mol. The van der Waals surface area contributed by atoms with E-state index in [1.165, 1.54) is 4.88 Å². The van der Waals surface area contributed by atoms with Crippen LogP contribution in [-0.2, 0) is 13.1 Å². The maximum absolute atomic E-state index is 5.88. The van der Waals surface area contributed by atoms with Crippen molar-refractivity contribution in [3.63, 3.8) is 0 Å². The molecule has 0 atom stereocenters. The normalized spacial score (nSPS) is 11.2. The van der Waals surface area contributed by atoms with E-state index in [0.717, 1.165) is 28.8 Å². The molecular weight excluding hydrogens is 266 g/mol. The molecule has 0 bridgehead atoms. The maximum Gasteiger partial charge on any atom is 0.137 e. The van der Waals surface area contributed by atoms with Crippen molar-refractivity contribution in [2.45, 2.75) is 13.1 Å². The van der Waals surface area contributed by atoms with Gasteiger partial charge >= 0.3 is 0 Å². The van der Waals surface area contributed by atoms with Gasteiger partial charge in [-0.05, 0) is 24.3 Å². The van der Waals surface area contributed by atoms with Gasteiger partial charge in [0.2, 0.25) is 0 Å². The third kappa shape index (κ3) is 2.56. The van der Waals surface area contributed by atoms with Gasteiger partial charge in [0.05, 0.1) is 10.0 Å². The Balaban J connectivity index is 1.62. The summed E-state index contributed by atoms with van der Waals surface area (Å²) in [5.41, 5.74) is 2.03. The van der Waals surface area contributed by atoms with Crippen molar-refractivity contribution in [3.05, 3.63) is 57.6 Å². The molecule has 92 valence electrons. The molecule has 0 aliphatic rings. The molecule has 0 saturated heterocycles. The van der Waals surface area contributed by atoms with Crippen molar-refractivity contribution < 1.29 is 0 Å². The number of hydrogen-bond donors (Lipinski definition) is 1. The van der Waals surface area contributed by atoms with Crippen LogP contribution in [0.4, 0.5) is 0 Å². The summed E-state index contributed by atoms with van der Waals surface area (Å²) in [7, 11) is 0. The number of aromatic nitrogens is 2. The minimum Gasteiger partial charge on any atom is -0.307 e. The molecule has 3 aromatic rings. The first kappa shape index (κ1) is 11.7. The Bertz CT molecular complexity index is 626. The zero-order valence-corrected chi connectivity index (χ0v) is 11.2. The van der Waals surface area contributed by atoms with Crippen LogP contribution in [-0.4, -0.2) is 9.38 Å². The molecule has 0 spiro atoms. The van der Waals surface area contributed by atoms with Gasteiger partial charge in [-0.3, -0.25) is 0 Å². The molecule has 0 saturated carbocycles. The number of hydrogen-bond acceptors (Lipinski definition) is 3. The van der Waals surface area contributed by atoms with Crippen LogP contribution in [0.5, 0.6) is 0 Å². The standard InChI is InChI=1S/C13H12ClN3S/c14-12-5-4-11(18-12)8-15-7-10-9-17-6-2-1-3-13(17)16-10/h1-6,9,15H,7-8H2. The Morgan fingerprint density at radius 2 is 2.17 bits per heavy atom. The van der Waals surface area contributed by atoms with Gasteiger partial charge in [-0.25, -0.2) is 4.98 Å². The lowest BCUT2D eigenvalue weighted by Crippen LogP contribution is -2.11. The Labute approximate surface area is 114 Å². The number of fused-ring (bicyclic) bond motifs is 1. The minimum atomic E-state index is 0.761. The van der Waals surface area contributed by atoms with Crippen molar-refractivity contribution in [2.75, 3.05) is 0 Å². The van der Waals surface area contributed by atoms with Crippen LogP contribution < -0.4 is 5.32 Å². The number of imidazole rings is 1. The molecule has 1 N–H and O–H groups in total. The molecule has 5 heteroatoms. The highest BCUT2D eigenvalue weighted by Crippen LogP contribution is 2.21. The van der Waals surface area contributed by atoms with Crippen molar-refractivity contribution in [1.29, 1.82) is 0 Å². The fourth-order valence-electron chi connectivity index (χ4n) is 1.83. The largest absolute Gasteiger partial charge is 0.307 e. The summed E-state index contributed by atoms with van der Waals surface area (Å²) in [6.45, 7) is 1.59. The zero-order valence-electron chi connectivity index (χ0n) is 9.64. The fourth-order valence-corrected chi connectivity index (χ4v) is 2.89. The van der Waals surface area contributed by atoms with E-state index in [2.05, 4.69) is 10.3 Å². The third-order valence-electron chi connectivity index (χ3n) is 2.65. The molecule has 3 aromatic heterocycles. The van der Waals surface area contributed by atoms with Gasteiger partial charge in [-0.2, -0.15) is 0 Å². The Morgan fingerprint density at radius 1 is 1.22 bits per heavy atom. The molecule has 0 fully saturated rings. The molecule has 0 aromatic carbocycles. The monoisotopic (exact) mass is 277 g/mol. The topological polar surface area (TPSA) is 29.3 Å². The second kappa shape index (κ2) is 5.10. The van der Waals surface area contributed by atoms with Gasteiger partial charge in [-0.1, -0.05) is 17.7 Å². The summed E-state index contributed by atoms with van der Waals surface area (Å²) in [4.78, 5) is 5.77. The summed E-state index contributed by atoms with van der Waals surface area (Å²) in [5.74, 6) is 0. The highest BCUT2D eigenvalue weighted by Gasteiger charge is 2.01. The first-order valence-electron chi connectivity index (χ1n) is 5.69. The SMILES string of the molecule is Clc1ccc(CNCc2cn3ccccc3n2)s1. The van der Waals surface area contributed by atoms with Crippen molar-refractivity contribution in [1.82, 2.24) is 14.7 Å². The van der Waals surface area contributed by atoms with E-state index < -0.39 is 0 Å². The predicted octanol–water partition coefficient (Wildman–Crippen LogP) is 3.34. The molecule has 0 amide bonds. The fraction of sp³-hybridized carbons (Fsp3) is 0.154. The third-order valence-corrected chi connectivity index (χ3v) is 3.88. The smallest absolute Gasteiger partial charge is 0.137 e. The highest BCUT2D eigenvalue weighted by atomic mass is 35.5. The van der Waals surface area contributed by atoms with Crippen molar-refractivity contribution >= 4 is 28.6 Å². The number of thiophene rings is 1. The molecule has 0 unspecified atom stereocenters. The summed E-state index contributed by atoms with van der Waals surface area (Å²) in [6, 6.07) is 9.97. The molecule has 3 heterocycles. The van der Waals surface area contributed by atoms with E-state index in [0.29, 0.717) is 0 Å². The molecular formula is C13H12ClN3S. The predicted molar refractivity (Wildman–Crippen MR) is 75.1 cm³/mol. The number of halogens is 1. The summed E-state index contributed by atoms with van der Waals surface area (Å²) in [5, 5.41) is 3.37. The molecule has 0 aliphatic heterocycles. The highest BCUT2D eigenvalue weighted by molar-refractivity contribution is 7.16. The van der Waals surface area contributed by atoms with E-state index in [1.54, 1.807) is 11.3 Å². The Kier molecular flexibility index (Phi) is 3.32. The van der Waals surface area contributed by atoms with Crippen molar-refractivity contribution in [3.8, 4) is 0 Å². The molecule has 0 aliphatic carbocycles. The quantitative estimate of drug-likeness (QED) is 0.792. The Hall–Kier alpha value is -1.36. The summed E-state index contributed by atoms with van der Waals surface area (Å²) < 4.78 is 2.86. The van der Waals surface area contributed by atoms with E-state index in [9.17, 15) is 0 Å². The van der Waals surface area contributed by atoms with Gasteiger partial charge in [0.25, 0.3) is 0 Å². The van der Waals surface area contributed by atoms with E-state index in [-0.39, 0.29) is 0 Å². The number of pyridine rings is 1. The second-order valence-electron chi connectivity index (χ2n) is 4.01. The molecule has 18 heavy (non-hydrogen) atoms.